The van der Waals surface area contributed by atoms with Gasteiger partial charge in [-0.1, -0.05) is 54.6 Å². The normalized spacial score (nSPS) is 19.6. The van der Waals surface area contributed by atoms with Crippen molar-refractivity contribution in [1.29, 1.82) is 0 Å². The minimum atomic E-state index is 0.130. The monoisotopic (exact) mass is 533 g/mol. The third-order valence-corrected chi connectivity index (χ3v) is 8.59. The summed E-state index contributed by atoms with van der Waals surface area (Å²) in [6, 6.07) is 28.3. The van der Waals surface area contributed by atoms with Crippen LogP contribution in [0.15, 0.2) is 94.9 Å². The first kappa shape index (κ1) is 25.4. The summed E-state index contributed by atoms with van der Waals surface area (Å²) in [7, 11) is 8.33. The van der Waals surface area contributed by atoms with Crippen LogP contribution < -0.4 is 14.8 Å². The Labute approximate surface area is 235 Å². The maximum absolute atomic E-state index is 5.34. The van der Waals surface area contributed by atoms with Gasteiger partial charge in [0, 0.05) is 56.4 Å². The van der Waals surface area contributed by atoms with E-state index in [4.69, 9.17) is 10.1 Å². The highest BCUT2D eigenvalue weighted by molar-refractivity contribution is 7.14. The smallest absolute Gasteiger partial charge is 0.207 e. The highest BCUT2D eigenvalue weighted by atomic mass is 32.1. The number of hydrogen-bond acceptors (Lipinski definition) is 6. The second-order valence-electron chi connectivity index (χ2n) is 10.8. The number of aromatic nitrogens is 1. The van der Waals surface area contributed by atoms with Crippen molar-refractivity contribution in [3.63, 3.8) is 0 Å². The fraction of sp³-hybridized carbons (Fsp3) is 0.273. The van der Waals surface area contributed by atoms with Gasteiger partial charge in [0.15, 0.2) is 0 Å². The fourth-order valence-electron chi connectivity index (χ4n) is 5.64. The van der Waals surface area contributed by atoms with Gasteiger partial charge in [0.25, 0.3) is 0 Å². The minimum absolute atomic E-state index is 0.130. The van der Waals surface area contributed by atoms with Crippen molar-refractivity contribution in [2.45, 2.75) is 25.3 Å². The molecule has 1 aliphatic carbocycles. The average Bonchev–Trinajstić information content (AvgIpc) is 3.60. The molecule has 1 aliphatic heterocycles. The molecular weight excluding hydrogens is 498 g/mol. The van der Waals surface area contributed by atoms with Crippen LogP contribution in [0.1, 0.15) is 36.4 Å². The number of allylic oxidation sites excluding steroid dienone is 1. The molecular formula is C33H35N5S. The molecule has 0 saturated heterocycles. The highest BCUT2D eigenvalue weighted by Gasteiger charge is 2.42. The summed E-state index contributed by atoms with van der Waals surface area (Å²) in [6.07, 6.45) is 5.69. The summed E-state index contributed by atoms with van der Waals surface area (Å²) in [4.78, 5) is 9.36. The van der Waals surface area contributed by atoms with Crippen molar-refractivity contribution in [1.82, 2.24) is 4.98 Å². The predicted octanol–water partition coefficient (Wildman–Crippen LogP) is 7.74. The summed E-state index contributed by atoms with van der Waals surface area (Å²) >= 11 is 1.68. The van der Waals surface area contributed by atoms with Crippen LogP contribution in [-0.4, -0.2) is 38.9 Å². The van der Waals surface area contributed by atoms with Crippen LogP contribution >= 0.6 is 11.3 Å². The van der Waals surface area contributed by atoms with E-state index in [2.05, 4.69) is 127 Å². The van der Waals surface area contributed by atoms with Crippen LogP contribution in [-0.2, 0) is 0 Å². The largest absolute Gasteiger partial charge is 0.378 e. The SMILES string of the molecule is CN(C)c1ccc(/C=C2\CCC[C@@H]3C2=NN(c2nc(-c4ccccc4)cs2)[C@@H]3c2ccc(N(C)C)cc2)cc1. The number of anilines is 3. The van der Waals surface area contributed by atoms with Gasteiger partial charge >= 0.3 is 0 Å². The topological polar surface area (TPSA) is 35.0 Å². The molecule has 1 fully saturated rings. The third kappa shape index (κ3) is 5.09. The standard InChI is InChI=1S/C33H35N5S/c1-36(2)27-17-13-23(14-18-27)21-26-11-8-12-29-31(26)35-38(32(29)25-15-19-28(20-16-25)37(3)4)33-34-30(22-39-33)24-9-6-5-7-10-24/h5-7,9-10,13-22,29,32H,8,11-12H2,1-4H3/b26-21+/t29-,32-/m1/s1. The molecule has 1 saturated carbocycles. The van der Waals surface area contributed by atoms with Crippen LogP contribution in [0.2, 0.25) is 0 Å². The van der Waals surface area contributed by atoms with Gasteiger partial charge in [0.1, 0.15) is 0 Å². The van der Waals surface area contributed by atoms with Crippen LogP contribution in [0.5, 0.6) is 0 Å². The molecule has 0 amide bonds. The fourth-order valence-corrected chi connectivity index (χ4v) is 6.46. The first-order chi connectivity index (χ1) is 19.0. The van der Waals surface area contributed by atoms with Gasteiger partial charge in [-0.05, 0) is 66.3 Å². The molecule has 0 bridgehead atoms. The van der Waals surface area contributed by atoms with E-state index in [9.17, 15) is 0 Å². The zero-order chi connectivity index (χ0) is 26.9. The Balaban J connectivity index is 1.39. The van der Waals surface area contributed by atoms with Gasteiger partial charge in [0.2, 0.25) is 5.13 Å². The van der Waals surface area contributed by atoms with Crippen molar-refractivity contribution in [3.05, 3.63) is 101 Å². The number of fused-ring (bicyclic) bond motifs is 1. The molecule has 5 nitrogen and oxygen atoms in total. The van der Waals surface area contributed by atoms with E-state index in [-0.39, 0.29) is 6.04 Å². The zero-order valence-electron chi connectivity index (χ0n) is 23.1. The van der Waals surface area contributed by atoms with Crippen molar-refractivity contribution in [2.24, 2.45) is 11.0 Å². The first-order valence-electron chi connectivity index (χ1n) is 13.6. The maximum atomic E-state index is 5.34. The van der Waals surface area contributed by atoms with Crippen LogP contribution in [0.3, 0.4) is 0 Å². The van der Waals surface area contributed by atoms with Crippen molar-refractivity contribution < 1.29 is 0 Å². The second kappa shape index (κ2) is 10.7. The molecule has 2 heterocycles. The number of hydrogen-bond donors (Lipinski definition) is 0. The summed E-state index contributed by atoms with van der Waals surface area (Å²) in [6.45, 7) is 0. The van der Waals surface area contributed by atoms with E-state index in [1.807, 2.05) is 6.07 Å². The van der Waals surface area contributed by atoms with Gasteiger partial charge in [-0.2, -0.15) is 5.10 Å². The lowest BCUT2D eigenvalue weighted by molar-refractivity contribution is 0.487. The Kier molecular flexibility index (Phi) is 6.96. The third-order valence-electron chi connectivity index (χ3n) is 7.76. The number of benzene rings is 3. The van der Waals surface area contributed by atoms with Crippen molar-refractivity contribution in [3.8, 4) is 11.3 Å². The summed E-state index contributed by atoms with van der Waals surface area (Å²) in [5, 5.41) is 10.6. The van der Waals surface area contributed by atoms with Crippen LogP contribution in [0.4, 0.5) is 16.5 Å². The van der Waals surface area contributed by atoms with E-state index in [1.54, 1.807) is 11.3 Å². The van der Waals surface area contributed by atoms with Crippen molar-refractivity contribution in [2.75, 3.05) is 43.0 Å². The molecule has 4 aromatic rings. The van der Waals surface area contributed by atoms with E-state index >= 15 is 0 Å². The number of rotatable bonds is 6. The number of thiazole rings is 1. The zero-order valence-corrected chi connectivity index (χ0v) is 23.9. The van der Waals surface area contributed by atoms with Crippen LogP contribution in [0, 0.1) is 5.92 Å². The molecule has 1 aromatic heterocycles. The lowest BCUT2D eigenvalue weighted by atomic mass is 9.77. The molecule has 39 heavy (non-hydrogen) atoms. The predicted molar refractivity (Wildman–Crippen MR) is 167 cm³/mol. The first-order valence-corrected chi connectivity index (χ1v) is 14.5. The minimum Gasteiger partial charge on any atom is -0.378 e. The summed E-state index contributed by atoms with van der Waals surface area (Å²) < 4.78 is 0. The molecule has 3 aromatic carbocycles. The summed E-state index contributed by atoms with van der Waals surface area (Å²) in [5.41, 5.74) is 9.64. The molecule has 6 heteroatoms. The maximum Gasteiger partial charge on any atom is 0.207 e. The van der Waals surface area contributed by atoms with Gasteiger partial charge in [-0.25, -0.2) is 9.99 Å². The van der Waals surface area contributed by atoms with Crippen LogP contribution in [0.25, 0.3) is 17.3 Å². The van der Waals surface area contributed by atoms with E-state index in [0.29, 0.717) is 5.92 Å². The Morgan fingerprint density at radius 2 is 1.51 bits per heavy atom. The highest BCUT2D eigenvalue weighted by Crippen LogP contribution is 2.47. The molecule has 0 unspecified atom stereocenters. The molecule has 2 atom stereocenters. The number of hydrazone groups is 1. The molecule has 2 aliphatic rings. The lowest BCUT2D eigenvalue weighted by Crippen LogP contribution is -2.28. The van der Waals surface area contributed by atoms with Crippen molar-refractivity contribution >= 4 is 39.6 Å². The Morgan fingerprint density at radius 3 is 2.18 bits per heavy atom. The van der Waals surface area contributed by atoms with Gasteiger partial charge in [-0.3, -0.25) is 0 Å². The Morgan fingerprint density at radius 1 is 0.846 bits per heavy atom. The molecule has 0 N–H and O–H groups in total. The Hall–Kier alpha value is -3.90. The Bertz CT molecular complexity index is 1480. The number of nitrogens with zero attached hydrogens (tertiary/aromatic N) is 5. The summed E-state index contributed by atoms with van der Waals surface area (Å²) in [5.74, 6) is 0.334. The van der Waals surface area contributed by atoms with E-state index in [0.717, 1.165) is 29.2 Å². The van der Waals surface area contributed by atoms with E-state index in [1.165, 1.54) is 40.2 Å². The van der Waals surface area contributed by atoms with Gasteiger partial charge in [-0.15, -0.1) is 11.3 Å². The lowest BCUT2D eigenvalue weighted by Gasteiger charge is -2.29. The van der Waals surface area contributed by atoms with E-state index < -0.39 is 0 Å². The average molecular weight is 534 g/mol. The molecule has 0 radical (unpaired) electrons. The molecule has 6 rings (SSSR count). The van der Waals surface area contributed by atoms with Gasteiger partial charge < -0.3 is 9.80 Å². The molecule has 198 valence electrons. The quantitative estimate of drug-likeness (QED) is 0.254. The van der Waals surface area contributed by atoms with Gasteiger partial charge in [0.05, 0.1) is 17.4 Å². The molecule has 0 spiro atoms. The second-order valence-corrected chi connectivity index (χ2v) is 11.6.